The van der Waals surface area contributed by atoms with E-state index in [0.717, 1.165) is 5.56 Å². The number of hydrogen-bond donors (Lipinski definition) is 0. The molecule has 9 nitrogen and oxygen atoms in total. The minimum Gasteiger partial charge on any atom is -0.493 e. The average molecular weight is 523 g/mol. The van der Waals surface area contributed by atoms with Crippen molar-refractivity contribution in [2.24, 2.45) is 4.99 Å². The minimum atomic E-state index is -0.779. The van der Waals surface area contributed by atoms with Crippen LogP contribution in [0.2, 0.25) is 0 Å². The van der Waals surface area contributed by atoms with Crippen LogP contribution in [0.15, 0.2) is 63.5 Å². The van der Waals surface area contributed by atoms with Crippen molar-refractivity contribution in [2.75, 3.05) is 27.9 Å². The van der Waals surface area contributed by atoms with Crippen LogP contribution in [0, 0.1) is 0 Å². The van der Waals surface area contributed by atoms with E-state index in [1.165, 1.54) is 37.2 Å². The summed E-state index contributed by atoms with van der Waals surface area (Å²) in [5.74, 6) is -0.00263. The number of carbonyl (C=O) groups excluding carboxylic acids is 2. The molecule has 10 heteroatoms. The summed E-state index contributed by atoms with van der Waals surface area (Å²) in [6.07, 6.45) is 1.72. The number of carbonyl (C=O) groups is 2. The highest BCUT2D eigenvalue weighted by Crippen LogP contribution is 2.36. The molecule has 0 unspecified atom stereocenters. The Hall–Kier alpha value is -4.18. The van der Waals surface area contributed by atoms with E-state index >= 15 is 0 Å². The van der Waals surface area contributed by atoms with E-state index in [1.807, 2.05) is 0 Å². The number of fused-ring (bicyclic) bond motifs is 1. The molecule has 1 aliphatic rings. The van der Waals surface area contributed by atoms with Gasteiger partial charge in [-0.1, -0.05) is 29.5 Å². The van der Waals surface area contributed by atoms with Crippen LogP contribution in [-0.4, -0.2) is 44.4 Å². The van der Waals surface area contributed by atoms with Crippen LogP contribution in [-0.2, 0) is 14.3 Å². The molecule has 3 aromatic rings. The number of hydrogen-bond acceptors (Lipinski definition) is 9. The Labute approximate surface area is 216 Å². The van der Waals surface area contributed by atoms with Gasteiger partial charge in [0.15, 0.2) is 16.3 Å². The molecule has 2 heterocycles. The van der Waals surface area contributed by atoms with Crippen LogP contribution in [0.1, 0.15) is 41.4 Å². The summed E-state index contributed by atoms with van der Waals surface area (Å²) in [4.78, 5) is 43.5. The predicted molar refractivity (Wildman–Crippen MR) is 138 cm³/mol. The lowest BCUT2D eigenvalue weighted by Gasteiger charge is -2.25. The highest BCUT2D eigenvalue weighted by molar-refractivity contribution is 7.07. The Bertz CT molecular complexity index is 1570. The zero-order chi connectivity index (χ0) is 26.7. The minimum absolute atomic E-state index is 0.181. The third kappa shape index (κ3) is 4.92. The number of nitrogens with zero attached hydrogens (tertiary/aromatic N) is 2. The lowest BCUT2D eigenvalue weighted by atomic mass is 9.95. The average Bonchev–Trinajstić information content (AvgIpc) is 3.21. The molecule has 1 aromatic heterocycles. The summed E-state index contributed by atoms with van der Waals surface area (Å²) in [7, 11) is 4.37. The summed E-state index contributed by atoms with van der Waals surface area (Å²) in [6, 6.07) is 11.2. The predicted octanol–water partition coefficient (Wildman–Crippen LogP) is 2.60. The Kier molecular flexibility index (Phi) is 7.58. The van der Waals surface area contributed by atoms with Gasteiger partial charge in [-0.2, -0.15) is 0 Å². The molecule has 0 aliphatic carbocycles. The van der Waals surface area contributed by atoms with Crippen molar-refractivity contribution in [2.45, 2.75) is 19.9 Å². The van der Waals surface area contributed by atoms with E-state index < -0.39 is 18.0 Å². The second-order valence-electron chi connectivity index (χ2n) is 8.03. The largest absolute Gasteiger partial charge is 0.493 e. The van der Waals surface area contributed by atoms with E-state index in [-0.39, 0.29) is 17.7 Å². The van der Waals surface area contributed by atoms with Crippen molar-refractivity contribution in [3.8, 4) is 11.5 Å². The van der Waals surface area contributed by atoms with Gasteiger partial charge < -0.3 is 18.9 Å². The fourth-order valence-corrected chi connectivity index (χ4v) is 5.16. The summed E-state index contributed by atoms with van der Waals surface area (Å²) in [5, 5.41) is 0. The number of methoxy groups -OCH3 is 3. The van der Waals surface area contributed by atoms with Crippen LogP contribution in [0.25, 0.3) is 6.08 Å². The number of benzene rings is 2. The van der Waals surface area contributed by atoms with Gasteiger partial charge in [0.1, 0.15) is 0 Å². The Balaban J connectivity index is 1.90. The molecule has 37 heavy (non-hydrogen) atoms. The van der Waals surface area contributed by atoms with Crippen molar-refractivity contribution < 1.29 is 28.5 Å². The zero-order valence-corrected chi connectivity index (χ0v) is 21.9. The number of allylic oxidation sites excluding steroid dienone is 1. The molecule has 0 radical (unpaired) electrons. The number of ether oxygens (including phenoxy) is 4. The van der Waals surface area contributed by atoms with Crippen molar-refractivity contribution in [1.29, 1.82) is 0 Å². The molecule has 0 fully saturated rings. The van der Waals surface area contributed by atoms with Gasteiger partial charge in [-0.25, -0.2) is 14.6 Å². The van der Waals surface area contributed by atoms with Gasteiger partial charge in [0.25, 0.3) is 5.56 Å². The quantitative estimate of drug-likeness (QED) is 0.439. The van der Waals surface area contributed by atoms with Gasteiger partial charge in [0.2, 0.25) is 0 Å². The summed E-state index contributed by atoms with van der Waals surface area (Å²) in [6.45, 7) is 3.63. The molecule has 0 spiro atoms. The van der Waals surface area contributed by atoms with Crippen molar-refractivity contribution >= 4 is 29.4 Å². The topological polar surface area (TPSA) is 105 Å². The van der Waals surface area contributed by atoms with Gasteiger partial charge in [0, 0.05) is 0 Å². The lowest BCUT2D eigenvalue weighted by molar-refractivity contribution is -0.139. The highest BCUT2D eigenvalue weighted by Gasteiger charge is 2.33. The number of thiazole rings is 1. The lowest BCUT2D eigenvalue weighted by Crippen LogP contribution is -2.39. The van der Waals surface area contributed by atoms with Crippen molar-refractivity contribution in [3.05, 3.63) is 90.1 Å². The first-order valence-electron chi connectivity index (χ1n) is 11.4. The van der Waals surface area contributed by atoms with Crippen LogP contribution < -0.4 is 24.4 Å². The first kappa shape index (κ1) is 25.9. The highest BCUT2D eigenvalue weighted by atomic mass is 32.1. The number of esters is 2. The molecule has 1 aliphatic heterocycles. The van der Waals surface area contributed by atoms with Gasteiger partial charge in [-0.3, -0.25) is 9.36 Å². The SMILES string of the molecule is CCOC(=O)C1=C(C)N=c2s/c(=C/c3ccc(C(=O)OC)cc3)c(=O)n2[C@@H]1c1ccc(OC)c(OC)c1. The molecule has 1 atom stereocenters. The standard InChI is InChI=1S/C27H26N2O7S/c1-6-36-26(32)22-15(2)28-27-29(23(22)18-11-12-19(33-3)20(14-18)34-4)24(30)21(37-27)13-16-7-9-17(10-8-16)25(31)35-5/h7-14,23H,6H2,1-5H3/b21-13+/t23-/m1/s1. The van der Waals surface area contributed by atoms with E-state index in [9.17, 15) is 14.4 Å². The Morgan fingerprint density at radius 3 is 2.35 bits per heavy atom. The molecule has 192 valence electrons. The number of rotatable bonds is 7. The maximum Gasteiger partial charge on any atom is 0.338 e. The molecule has 4 rings (SSSR count). The first-order valence-corrected chi connectivity index (χ1v) is 12.2. The zero-order valence-electron chi connectivity index (χ0n) is 21.1. The van der Waals surface area contributed by atoms with Crippen LogP contribution in [0.5, 0.6) is 11.5 Å². The maximum absolute atomic E-state index is 13.7. The third-order valence-corrected chi connectivity index (χ3v) is 6.85. The van der Waals surface area contributed by atoms with E-state index in [4.69, 9.17) is 18.9 Å². The van der Waals surface area contributed by atoms with Gasteiger partial charge in [-0.15, -0.1) is 0 Å². The van der Waals surface area contributed by atoms with Crippen LogP contribution in [0.3, 0.4) is 0 Å². The third-order valence-electron chi connectivity index (χ3n) is 5.87. The Morgan fingerprint density at radius 2 is 1.73 bits per heavy atom. The van der Waals surface area contributed by atoms with E-state index in [2.05, 4.69) is 4.99 Å². The van der Waals surface area contributed by atoms with Gasteiger partial charge in [-0.05, 0) is 55.3 Å². The van der Waals surface area contributed by atoms with Gasteiger partial charge in [0.05, 0.1) is 55.3 Å². The molecule has 0 amide bonds. The molecule has 0 bridgehead atoms. The fraction of sp³-hybridized carbons (Fsp3) is 0.259. The monoisotopic (exact) mass is 522 g/mol. The summed E-state index contributed by atoms with van der Waals surface area (Å²) < 4.78 is 22.8. The van der Waals surface area contributed by atoms with Gasteiger partial charge >= 0.3 is 11.9 Å². The van der Waals surface area contributed by atoms with Crippen LogP contribution >= 0.6 is 11.3 Å². The first-order chi connectivity index (χ1) is 17.8. The Morgan fingerprint density at radius 1 is 1.03 bits per heavy atom. The molecule has 0 saturated heterocycles. The molecule has 0 N–H and O–H groups in total. The number of aromatic nitrogens is 1. The molecular formula is C27H26N2O7S. The molecular weight excluding hydrogens is 496 g/mol. The second-order valence-corrected chi connectivity index (χ2v) is 9.04. The normalized spacial score (nSPS) is 15.1. The smallest absolute Gasteiger partial charge is 0.338 e. The molecule has 2 aromatic carbocycles. The summed E-state index contributed by atoms with van der Waals surface area (Å²) in [5.41, 5.74) is 2.20. The van der Waals surface area contributed by atoms with E-state index in [0.29, 0.717) is 37.7 Å². The van der Waals surface area contributed by atoms with Crippen molar-refractivity contribution in [3.63, 3.8) is 0 Å². The fourth-order valence-electron chi connectivity index (χ4n) is 4.11. The van der Waals surface area contributed by atoms with E-state index in [1.54, 1.807) is 62.4 Å². The maximum atomic E-state index is 13.7. The second kappa shape index (κ2) is 10.8. The van der Waals surface area contributed by atoms with Crippen molar-refractivity contribution in [1.82, 2.24) is 4.57 Å². The molecule has 0 saturated carbocycles. The van der Waals surface area contributed by atoms with Crippen LogP contribution in [0.4, 0.5) is 0 Å². The summed E-state index contributed by atoms with van der Waals surface area (Å²) >= 11 is 1.21.